The van der Waals surface area contributed by atoms with Crippen molar-refractivity contribution >= 4 is 55.1 Å². The molecule has 2 aromatic rings. The van der Waals surface area contributed by atoms with E-state index in [0.717, 1.165) is 10.0 Å². The van der Waals surface area contributed by atoms with E-state index < -0.39 is 0 Å². The molecule has 0 N–H and O–H groups in total. The van der Waals surface area contributed by atoms with E-state index in [1.807, 2.05) is 6.07 Å². The molecule has 1 unspecified atom stereocenters. The smallest absolute Gasteiger partial charge is 0.127 e. The Kier molecular flexibility index (Phi) is 4.70. The highest BCUT2D eigenvalue weighted by Crippen LogP contribution is 2.36. The second-order valence-electron chi connectivity index (χ2n) is 3.70. The van der Waals surface area contributed by atoms with Gasteiger partial charge < -0.3 is 0 Å². The van der Waals surface area contributed by atoms with E-state index in [-0.39, 0.29) is 10.6 Å². The number of rotatable bonds is 2. The lowest BCUT2D eigenvalue weighted by atomic mass is 10.0. The van der Waals surface area contributed by atoms with Crippen molar-refractivity contribution in [1.29, 1.82) is 0 Å². The van der Waals surface area contributed by atoms with Crippen LogP contribution in [0.4, 0.5) is 4.39 Å². The third-order valence-corrected chi connectivity index (χ3v) is 4.72. The Balaban J connectivity index is 2.44. The van der Waals surface area contributed by atoms with Gasteiger partial charge >= 0.3 is 0 Å². The summed E-state index contributed by atoms with van der Waals surface area (Å²) < 4.78 is 14.6. The predicted molar refractivity (Wildman–Crippen MR) is 81.3 cm³/mol. The average molecular weight is 413 g/mol. The van der Waals surface area contributed by atoms with Crippen LogP contribution in [0.5, 0.6) is 0 Å². The maximum atomic E-state index is 13.8. The summed E-state index contributed by atoms with van der Waals surface area (Å²) in [7, 11) is 0. The number of benzene rings is 2. The van der Waals surface area contributed by atoms with Crippen molar-refractivity contribution in [3.63, 3.8) is 0 Å². The molecule has 2 aromatic carbocycles. The highest BCUT2D eigenvalue weighted by Gasteiger charge is 2.16. The summed E-state index contributed by atoms with van der Waals surface area (Å²) in [5.74, 6) is -0.272. The first-order valence-electron chi connectivity index (χ1n) is 5.03. The lowest BCUT2D eigenvalue weighted by Gasteiger charge is -2.13. The molecule has 2 rings (SSSR count). The van der Waals surface area contributed by atoms with E-state index in [9.17, 15) is 4.39 Å². The van der Waals surface area contributed by atoms with E-state index in [1.54, 1.807) is 24.3 Å². The van der Waals surface area contributed by atoms with Gasteiger partial charge in [0.2, 0.25) is 0 Å². The zero-order chi connectivity index (χ0) is 13.3. The monoisotopic (exact) mass is 410 g/mol. The van der Waals surface area contributed by atoms with Crippen LogP contribution in [0.2, 0.25) is 10.0 Å². The third-order valence-electron chi connectivity index (χ3n) is 2.47. The Bertz CT molecular complexity index is 587. The predicted octanol–water partition coefficient (Wildman–Crippen LogP) is 6.38. The fourth-order valence-corrected chi connectivity index (χ4v) is 2.88. The highest BCUT2D eigenvalue weighted by molar-refractivity contribution is 9.10. The van der Waals surface area contributed by atoms with Crippen molar-refractivity contribution in [2.24, 2.45) is 0 Å². The molecule has 0 heterocycles. The summed E-state index contributed by atoms with van der Waals surface area (Å²) in [5, 5.41) is 0.934. The molecule has 0 aliphatic carbocycles. The van der Waals surface area contributed by atoms with E-state index in [0.29, 0.717) is 15.6 Å². The van der Waals surface area contributed by atoms with Crippen LogP contribution in [0.25, 0.3) is 0 Å². The van der Waals surface area contributed by atoms with Crippen LogP contribution < -0.4 is 0 Å². The lowest BCUT2D eigenvalue weighted by molar-refractivity contribution is 0.613. The van der Waals surface area contributed by atoms with Gasteiger partial charge in [-0.15, -0.1) is 0 Å². The Morgan fingerprint density at radius 2 is 1.72 bits per heavy atom. The maximum Gasteiger partial charge on any atom is 0.127 e. The van der Waals surface area contributed by atoms with Crippen molar-refractivity contribution in [3.05, 3.63) is 67.9 Å². The van der Waals surface area contributed by atoms with E-state index in [1.165, 1.54) is 6.07 Å². The van der Waals surface area contributed by atoms with E-state index in [4.69, 9.17) is 23.2 Å². The summed E-state index contributed by atoms with van der Waals surface area (Å²) in [5.41, 5.74) is 1.39. The van der Waals surface area contributed by atoms with Gasteiger partial charge in [0.1, 0.15) is 5.82 Å². The molecule has 0 aliphatic rings. The Morgan fingerprint density at radius 1 is 1.00 bits per heavy atom. The number of hydrogen-bond acceptors (Lipinski definition) is 0. The minimum atomic E-state index is -0.273. The molecule has 0 radical (unpaired) electrons. The zero-order valence-electron chi connectivity index (χ0n) is 8.93. The molecule has 0 fully saturated rings. The van der Waals surface area contributed by atoms with Gasteiger partial charge in [0.25, 0.3) is 0 Å². The first-order chi connectivity index (χ1) is 8.49. The van der Waals surface area contributed by atoms with E-state index >= 15 is 0 Å². The van der Waals surface area contributed by atoms with Crippen LogP contribution in [-0.2, 0) is 0 Å². The number of alkyl halides is 1. The summed E-state index contributed by atoms with van der Waals surface area (Å²) in [4.78, 5) is -0.273. The Labute approximate surface area is 131 Å². The standard InChI is InChI=1S/C13H7Br2Cl2F/c14-8-2-4-12(18)9(6-8)13(15)7-1-3-10(16)11(17)5-7/h1-6,13H. The Hall–Kier alpha value is -0.0900. The molecular formula is C13H7Br2Cl2F. The third kappa shape index (κ3) is 3.08. The Morgan fingerprint density at radius 3 is 2.39 bits per heavy atom. The summed E-state index contributed by atoms with van der Waals surface area (Å²) in [6.45, 7) is 0. The molecule has 0 aromatic heterocycles. The topological polar surface area (TPSA) is 0 Å². The SMILES string of the molecule is Fc1ccc(Br)cc1C(Br)c1ccc(Cl)c(Cl)c1. The first kappa shape index (κ1) is 14.3. The second-order valence-corrected chi connectivity index (χ2v) is 6.35. The molecule has 0 saturated carbocycles. The molecule has 0 saturated heterocycles. The van der Waals surface area contributed by atoms with Crippen LogP contribution in [-0.4, -0.2) is 0 Å². The molecule has 0 nitrogen and oxygen atoms in total. The van der Waals surface area contributed by atoms with Gasteiger partial charge in [0, 0.05) is 10.0 Å². The lowest BCUT2D eigenvalue weighted by Crippen LogP contribution is -1.96. The van der Waals surface area contributed by atoms with Crippen LogP contribution in [0.3, 0.4) is 0 Å². The van der Waals surface area contributed by atoms with Gasteiger partial charge in [-0.1, -0.05) is 61.1 Å². The highest BCUT2D eigenvalue weighted by atomic mass is 79.9. The fourth-order valence-electron chi connectivity index (χ4n) is 1.56. The van der Waals surface area contributed by atoms with Crippen LogP contribution >= 0.6 is 55.1 Å². The quantitative estimate of drug-likeness (QED) is 0.502. The molecular weight excluding hydrogens is 406 g/mol. The zero-order valence-corrected chi connectivity index (χ0v) is 13.6. The molecule has 0 spiro atoms. The molecule has 94 valence electrons. The fraction of sp³-hybridized carbons (Fsp3) is 0.0769. The van der Waals surface area contributed by atoms with Gasteiger partial charge in [0.15, 0.2) is 0 Å². The molecule has 0 bridgehead atoms. The van der Waals surface area contributed by atoms with Crippen molar-refractivity contribution in [1.82, 2.24) is 0 Å². The summed E-state index contributed by atoms with van der Waals surface area (Å²) in [6, 6.07) is 10.1. The molecule has 0 aliphatic heterocycles. The van der Waals surface area contributed by atoms with Gasteiger partial charge in [-0.05, 0) is 35.9 Å². The van der Waals surface area contributed by atoms with Gasteiger partial charge in [-0.3, -0.25) is 0 Å². The van der Waals surface area contributed by atoms with Gasteiger partial charge in [-0.25, -0.2) is 4.39 Å². The largest absolute Gasteiger partial charge is 0.207 e. The first-order valence-corrected chi connectivity index (χ1v) is 7.49. The molecule has 0 amide bonds. The van der Waals surface area contributed by atoms with Crippen molar-refractivity contribution in [2.75, 3.05) is 0 Å². The van der Waals surface area contributed by atoms with Gasteiger partial charge in [-0.2, -0.15) is 0 Å². The molecule has 1 atom stereocenters. The van der Waals surface area contributed by atoms with Crippen molar-refractivity contribution < 1.29 is 4.39 Å². The maximum absolute atomic E-state index is 13.8. The van der Waals surface area contributed by atoms with Crippen molar-refractivity contribution in [3.8, 4) is 0 Å². The van der Waals surface area contributed by atoms with Gasteiger partial charge in [0.05, 0.1) is 14.9 Å². The van der Waals surface area contributed by atoms with Crippen LogP contribution in [0.1, 0.15) is 16.0 Å². The molecule has 5 heteroatoms. The summed E-state index contributed by atoms with van der Waals surface area (Å²) in [6.07, 6.45) is 0. The van der Waals surface area contributed by atoms with Crippen LogP contribution in [0, 0.1) is 5.82 Å². The molecule has 18 heavy (non-hydrogen) atoms. The second kappa shape index (κ2) is 5.91. The minimum absolute atomic E-state index is 0.272. The number of hydrogen-bond donors (Lipinski definition) is 0. The summed E-state index contributed by atoms with van der Waals surface area (Å²) >= 11 is 18.6. The normalized spacial score (nSPS) is 12.5. The van der Waals surface area contributed by atoms with E-state index in [2.05, 4.69) is 31.9 Å². The number of halogens is 5. The average Bonchev–Trinajstić information content (AvgIpc) is 2.35. The van der Waals surface area contributed by atoms with Crippen LogP contribution in [0.15, 0.2) is 40.9 Å². The minimum Gasteiger partial charge on any atom is -0.207 e. The van der Waals surface area contributed by atoms with Crippen molar-refractivity contribution in [2.45, 2.75) is 4.83 Å².